The Morgan fingerprint density at radius 1 is 1.39 bits per heavy atom. The van der Waals surface area contributed by atoms with E-state index in [1.807, 2.05) is 25.1 Å². The second kappa shape index (κ2) is 6.97. The molecule has 1 aromatic heterocycles. The number of carbonyl (C=O) groups excluding carboxylic acids is 1. The van der Waals surface area contributed by atoms with Crippen molar-refractivity contribution in [2.75, 3.05) is 0 Å². The Morgan fingerprint density at radius 2 is 2.04 bits per heavy atom. The number of hydrogen-bond donors (Lipinski definition) is 1. The number of aromatic nitrogens is 1. The number of carbonyl (C=O) groups is 1. The van der Waals surface area contributed by atoms with Crippen molar-refractivity contribution in [3.63, 3.8) is 0 Å². The Labute approximate surface area is 136 Å². The summed E-state index contributed by atoms with van der Waals surface area (Å²) >= 11 is 0. The largest absolute Gasteiger partial charge is 0.366 e. The highest BCUT2D eigenvalue weighted by Crippen LogP contribution is 2.33. The summed E-state index contributed by atoms with van der Waals surface area (Å²) in [6, 6.07) is 9.37. The van der Waals surface area contributed by atoms with Crippen molar-refractivity contribution < 1.29 is 4.79 Å². The standard InChI is InChI=1S/C19H21N3O/c1-4-6-16-18(15-9-7-14(12-20)8-10-15)17(19(21)23)13(3)22(16)11-5-2/h5,7-10H,2,4,6,11H2,1,3H3,(H2,21,23). The zero-order valence-corrected chi connectivity index (χ0v) is 13.6. The van der Waals surface area contributed by atoms with Crippen LogP contribution in [0.3, 0.4) is 0 Å². The minimum absolute atomic E-state index is 0.429. The van der Waals surface area contributed by atoms with Crippen molar-refractivity contribution in [3.05, 3.63) is 59.4 Å². The van der Waals surface area contributed by atoms with Gasteiger partial charge in [-0.3, -0.25) is 4.79 Å². The van der Waals surface area contributed by atoms with Crippen LogP contribution in [0.4, 0.5) is 0 Å². The van der Waals surface area contributed by atoms with Gasteiger partial charge in [-0.05, 0) is 31.0 Å². The van der Waals surface area contributed by atoms with Gasteiger partial charge in [0.1, 0.15) is 0 Å². The number of rotatable bonds is 6. The monoisotopic (exact) mass is 307 g/mol. The fourth-order valence-electron chi connectivity index (χ4n) is 2.99. The predicted molar refractivity (Wildman–Crippen MR) is 92.0 cm³/mol. The van der Waals surface area contributed by atoms with Crippen LogP contribution < -0.4 is 5.73 Å². The first-order valence-corrected chi connectivity index (χ1v) is 7.68. The lowest BCUT2D eigenvalue weighted by atomic mass is 9.97. The maximum Gasteiger partial charge on any atom is 0.251 e. The molecule has 0 fully saturated rings. The molecule has 1 amide bonds. The molecule has 0 radical (unpaired) electrons. The average molecular weight is 307 g/mol. The molecule has 2 aromatic rings. The highest BCUT2D eigenvalue weighted by atomic mass is 16.1. The predicted octanol–water partition coefficient (Wildman–Crippen LogP) is 3.57. The first-order valence-electron chi connectivity index (χ1n) is 7.68. The van der Waals surface area contributed by atoms with Gasteiger partial charge in [0.2, 0.25) is 0 Å². The van der Waals surface area contributed by atoms with Gasteiger partial charge in [-0.15, -0.1) is 6.58 Å². The fourth-order valence-corrected chi connectivity index (χ4v) is 2.99. The van der Waals surface area contributed by atoms with Crippen molar-refractivity contribution in [2.45, 2.75) is 33.2 Å². The van der Waals surface area contributed by atoms with Gasteiger partial charge in [0.15, 0.2) is 0 Å². The van der Waals surface area contributed by atoms with Gasteiger partial charge in [-0.2, -0.15) is 5.26 Å². The summed E-state index contributed by atoms with van der Waals surface area (Å²) in [6.07, 6.45) is 3.62. The van der Waals surface area contributed by atoms with E-state index in [1.165, 1.54) is 0 Å². The van der Waals surface area contributed by atoms with Crippen LogP contribution in [0, 0.1) is 18.3 Å². The summed E-state index contributed by atoms with van der Waals surface area (Å²) < 4.78 is 2.10. The Balaban J connectivity index is 2.76. The topological polar surface area (TPSA) is 71.8 Å². The van der Waals surface area contributed by atoms with E-state index >= 15 is 0 Å². The SMILES string of the molecule is C=CCn1c(C)c(C(N)=O)c(-c2ccc(C#N)cc2)c1CCC. The molecule has 0 saturated heterocycles. The second-order valence-electron chi connectivity index (χ2n) is 5.48. The number of nitriles is 1. The van der Waals surface area contributed by atoms with Gasteiger partial charge in [0.25, 0.3) is 5.91 Å². The minimum Gasteiger partial charge on any atom is -0.366 e. The van der Waals surface area contributed by atoms with E-state index < -0.39 is 5.91 Å². The number of amides is 1. The van der Waals surface area contributed by atoms with E-state index in [0.29, 0.717) is 17.7 Å². The summed E-state index contributed by atoms with van der Waals surface area (Å²) in [5.74, 6) is -0.429. The van der Waals surface area contributed by atoms with E-state index in [9.17, 15) is 4.79 Å². The molecule has 0 atom stereocenters. The summed E-state index contributed by atoms with van der Waals surface area (Å²) in [5.41, 5.74) is 10.5. The Bertz CT molecular complexity index is 776. The van der Waals surface area contributed by atoms with Crippen LogP contribution in [0.5, 0.6) is 0 Å². The molecule has 2 rings (SSSR count). The molecular formula is C19H21N3O. The van der Waals surface area contributed by atoms with Crippen LogP contribution in [0.2, 0.25) is 0 Å². The third-order valence-electron chi connectivity index (χ3n) is 3.98. The van der Waals surface area contributed by atoms with Gasteiger partial charge >= 0.3 is 0 Å². The lowest BCUT2D eigenvalue weighted by molar-refractivity contribution is 0.1000. The fraction of sp³-hybridized carbons (Fsp3) is 0.263. The van der Waals surface area contributed by atoms with E-state index in [0.717, 1.165) is 35.4 Å². The molecule has 2 N–H and O–H groups in total. The molecule has 0 spiro atoms. The Hall–Kier alpha value is -2.80. The number of nitrogens with zero attached hydrogens (tertiary/aromatic N) is 2. The summed E-state index contributed by atoms with van der Waals surface area (Å²) in [7, 11) is 0. The molecule has 0 aliphatic heterocycles. The molecule has 1 heterocycles. The molecule has 1 aromatic carbocycles. The molecule has 0 saturated carbocycles. The third-order valence-corrected chi connectivity index (χ3v) is 3.98. The van der Waals surface area contributed by atoms with Crippen LogP contribution in [-0.2, 0) is 13.0 Å². The van der Waals surface area contributed by atoms with Crippen LogP contribution in [-0.4, -0.2) is 10.5 Å². The van der Waals surface area contributed by atoms with Gasteiger partial charge in [-0.25, -0.2) is 0 Å². The number of nitrogens with two attached hydrogens (primary N) is 1. The van der Waals surface area contributed by atoms with Crippen molar-refractivity contribution in [3.8, 4) is 17.2 Å². The quantitative estimate of drug-likeness (QED) is 0.829. The maximum atomic E-state index is 12.0. The summed E-state index contributed by atoms with van der Waals surface area (Å²) in [6.45, 7) is 8.46. The van der Waals surface area contributed by atoms with Gasteiger partial charge in [0, 0.05) is 23.5 Å². The minimum atomic E-state index is -0.429. The highest BCUT2D eigenvalue weighted by molar-refractivity contribution is 6.02. The normalized spacial score (nSPS) is 10.3. The van der Waals surface area contributed by atoms with E-state index in [-0.39, 0.29) is 0 Å². The van der Waals surface area contributed by atoms with Crippen molar-refractivity contribution >= 4 is 5.91 Å². The first kappa shape index (κ1) is 16.6. The lowest BCUT2D eigenvalue weighted by Crippen LogP contribution is -2.13. The molecule has 0 bridgehead atoms. The van der Waals surface area contributed by atoms with Crippen molar-refractivity contribution in [1.29, 1.82) is 5.26 Å². The second-order valence-corrected chi connectivity index (χ2v) is 5.48. The van der Waals surface area contributed by atoms with Crippen LogP contribution in [0.15, 0.2) is 36.9 Å². The van der Waals surface area contributed by atoms with E-state index in [2.05, 4.69) is 24.1 Å². The highest BCUT2D eigenvalue weighted by Gasteiger charge is 2.23. The van der Waals surface area contributed by atoms with Crippen LogP contribution in [0.25, 0.3) is 11.1 Å². The molecular weight excluding hydrogens is 286 g/mol. The Morgan fingerprint density at radius 3 is 2.52 bits per heavy atom. The van der Waals surface area contributed by atoms with E-state index in [4.69, 9.17) is 11.0 Å². The van der Waals surface area contributed by atoms with Gasteiger partial charge in [-0.1, -0.05) is 31.6 Å². The number of benzene rings is 1. The zero-order chi connectivity index (χ0) is 17.0. The first-order chi connectivity index (χ1) is 11.0. The van der Waals surface area contributed by atoms with Gasteiger partial charge < -0.3 is 10.3 Å². The zero-order valence-electron chi connectivity index (χ0n) is 13.6. The number of allylic oxidation sites excluding steroid dienone is 1. The molecule has 4 nitrogen and oxygen atoms in total. The molecule has 23 heavy (non-hydrogen) atoms. The van der Waals surface area contributed by atoms with Crippen LogP contribution in [0.1, 0.15) is 40.7 Å². The Kier molecular flexibility index (Phi) is 5.02. The summed E-state index contributed by atoms with van der Waals surface area (Å²) in [4.78, 5) is 12.0. The molecule has 4 heteroatoms. The third kappa shape index (κ3) is 3.04. The van der Waals surface area contributed by atoms with E-state index in [1.54, 1.807) is 12.1 Å². The smallest absolute Gasteiger partial charge is 0.251 e. The average Bonchev–Trinajstić information content (AvgIpc) is 2.81. The molecule has 0 unspecified atom stereocenters. The van der Waals surface area contributed by atoms with Gasteiger partial charge in [0.05, 0.1) is 17.2 Å². The lowest BCUT2D eigenvalue weighted by Gasteiger charge is -2.10. The van der Waals surface area contributed by atoms with Crippen molar-refractivity contribution in [2.24, 2.45) is 5.73 Å². The molecule has 0 aliphatic rings. The molecule has 0 aliphatic carbocycles. The van der Waals surface area contributed by atoms with Crippen molar-refractivity contribution in [1.82, 2.24) is 4.57 Å². The molecule has 118 valence electrons. The van der Waals surface area contributed by atoms with Crippen LogP contribution >= 0.6 is 0 Å². The maximum absolute atomic E-state index is 12.0. The number of primary amides is 1. The number of hydrogen-bond acceptors (Lipinski definition) is 2. The summed E-state index contributed by atoms with van der Waals surface area (Å²) in [5, 5.41) is 8.96.